The second-order valence-corrected chi connectivity index (χ2v) is 6.76. The predicted octanol–water partition coefficient (Wildman–Crippen LogP) is 5.12. The zero-order valence-corrected chi connectivity index (χ0v) is 14.5. The molecule has 1 heteroatoms. The van der Waals surface area contributed by atoms with Gasteiger partial charge in [-0.3, -0.25) is 0 Å². The third-order valence-electron chi connectivity index (χ3n) is 4.88. The summed E-state index contributed by atoms with van der Waals surface area (Å²) in [5, 5.41) is 0. The fourth-order valence-corrected chi connectivity index (χ4v) is 3.63. The Balaban J connectivity index is 2.13. The summed E-state index contributed by atoms with van der Waals surface area (Å²) in [4.78, 5) is 2.25. The molecule has 0 aromatic heterocycles. The smallest absolute Gasteiger partial charge is 0.00101 e. The van der Waals surface area contributed by atoms with E-state index in [9.17, 15) is 0 Å². The van der Waals surface area contributed by atoms with Crippen molar-refractivity contribution in [1.29, 1.82) is 0 Å². The third kappa shape index (κ3) is 3.40. The first-order valence-electron chi connectivity index (χ1n) is 8.73. The van der Waals surface area contributed by atoms with Crippen LogP contribution in [0.1, 0.15) is 47.9 Å². The van der Waals surface area contributed by atoms with Crippen molar-refractivity contribution >= 4 is 5.57 Å². The van der Waals surface area contributed by atoms with Crippen molar-refractivity contribution < 1.29 is 0 Å². The molecular weight excluding hydrogens is 278 g/mol. The summed E-state index contributed by atoms with van der Waals surface area (Å²) < 4.78 is 0. The number of fused-ring (bicyclic) bond motifs is 2. The Labute approximate surface area is 140 Å². The van der Waals surface area contributed by atoms with Gasteiger partial charge in [-0.25, -0.2) is 0 Å². The highest BCUT2D eigenvalue weighted by molar-refractivity contribution is 5.84. The van der Waals surface area contributed by atoms with E-state index in [2.05, 4.69) is 80.5 Å². The van der Waals surface area contributed by atoms with Gasteiger partial charge in [0, 0.05) is 6.54 Å². The van der Waals surface area contributed by atoms with E-state index in [1.807, 2.05) is 0 Å². The van der Waals surface area contributed by atoms with Crippen molar-refractivity contribution in [3.63, 3.8) is 0 Å². The summed E-state index contributed by atoms with van der Waals surface area (Å²) in [6, 6.07) is 18.0. The van der Waals surface area contributed by atoms with Crippen LogP contribution in [0.5, 0.6) is 0 Å². The minimum Gasteiger partial charge on any atom is -0.309 e. The Morgan fingerprint density at radius 1 is 1.00 bits per heavy atom. The average Bonchev–Trinajstić information content (AvgIpc) is 2.70. The van der Waals surface area contributed by atoms with Crippen LogP contribution < -0.4 is 0 Å². The maximum absolute atomic E-state index is 2.44. The van der Waals surface area contributed by atoms with Crippen molar-refractivity contribution in [2.24, 2.45) is 0 Å². The van der Waals surface area contributed by atoms with Gasteiger partial charge in [-0.15, -0.1) is 0 Å². The normalized spacial score (nSPS) is 18.6. The van der Waals surface area contributed by atoms with Crippen LogP contribution in [0.15, 0.2) is 54.6 Å². The predicted molar refractivity (Wildman–Crippen MR) is 99.9 cm³/mol. The Morgan fingerprint density at radius 2 is 1.70 bits per heavy atom. The van der Waals surface area contributed by atoms with E-state index in [0.29, 0.717) is 5.92 Å². The van der Waals surface area contributed by atoms with Gasteiger partial charge in [0.05, 0.1) is 0 Å². The second kappa shape index (κ2) is 7.14. The number of hydrogen-bond acceptors (Lipinski definition) is 1. The van der Waals surface area contributed by atoms with E-state index in [4.69, 9.17) is 0 Å². The van der Waals surface area contributed by atoms with Crippen LogP contribution in [0.4, 0.5) is 0 Å². The van der Waals surface area contributed by atoms with Crippen LogP contribution in [0.25, 0.3) is 5.57 Å². The highest BCUT2D eigenvalue weighted by atomic mass is 15.0. The van der Waals surface area contributed by atoms with Gasteiger partial charge < -0.3 is 4.90 Å². The molecule has 1 atom stereocenters. The van der Waals surface area contributed by atoms with E-state index in [0.717, 1.165) is 19.4 Å². The van der Waals surface area contributed by atoms with Crippen molar-refractivity contribution in [2.45, 2.75) is 32.1 Å². The largest absolute Gasteiger partial charge is 0.309 e. The van der Waals surface area contributed by atoms with Crippen LogP contribution in [-0.2, 0) is 6.42 Å². The fourth-order valence-electron chi connectivity index (χ4n) is 3.63. The molecule has 0 amide bonds. The fraction of sp³-hybridized carbons (Fsp3) is 0.364. The third-order valence-corrected chi connectivity index (χ3v) is 4.88. The average molecular weight is 305 g/mol. The summed E-state index contributed by atoms with van der Waals surface area (Å²) >= 11 is 0. The van der Waals surface area contributed by atoms with Crippen LogP contribution in [0.2, 0.25) is 0 Å². The van der Waals surface area contributed by atoms with E-state index >= 15 is 0 Å². The van der Waals surface area contributed by atoms with Gasteiger partial charge in [0.25, 0.3) is 0 Å². The van der Waals surface area contributed by atoms with Gasteiger partial charge in [0.1, 0.15) is 0 Å². The van der Waals surface area contributed by atoms with Gasteiger partial charge in [0.15, 0.2) is 0 Å². The molecule has 1 unspecified atom stereocenters. The molecule has 0 saturated heterocycles. The molecule has 120 valence electrons. The zero-order chi connectivity index (χ0) is 16.2. The minimum atomic E-state index is 0.618. The van der Waals surface area contributed by atoms with Crippen LogP contribution in [-0.4, -0.2) is 25.5 Å². The molecular formula is C22H27N. The molecule has 1 aliphatic rings. The Hall–Kier alpha value is -1.86. The maximum atomic E-state index is 2.44. The summed E-state index contributed by atoms with van der Waals surface area (Å²) in [6.07, 6.45) is 5.86. The molecule has 0 saturated carbocycles. The molecule has 1 nitrogen and oxygen atoms in total. The second-order valence-electron chi connectivity index (χ2n) is 6.76. The van der Waals surface area contributed by atoms with Crippen molar-refractivity contribution in [3.8, 4) is 0 Å². The molecule has 23 heavy (non-hydrogen) atoms. The van der Waals surface area contributed by atoms with Crippen molar-refractivity contribution in [1.82, 2.24) is 4.90 Å². The maximum Gasteiger partial charge on any atom is 0.00101 e. The first-order valence-corrected chi connectivity index (χ1v) is 8.73. The lowest BCUT2D eigenvalue weighted by Crippen LogP contribution is -2.12. The summed E-state index contributed by atoms with van der Waals surface area (Å²) in [7, 11) is 4.28. The Bertz CT molecular complexity index is 697. The molecule has 0 N–H and O–H groups in total. The topological polar surface area (TPSA) is 3.24 Å². The van der Waals surface area contributed by atoms with Crippen LogP contribution in [0, 0.1) is 0 Å². The number of rotatable bonds is 4. The molecule has 0 bridgehead atoms. The molecule has 0 aliphatic heterocycles. The van der Waals surface area contributed by atoms with Crippen LogP contribution >= 0.6 is 0 Å². The molecule has 0 spiro atoms. The van der Waals surface area contributed by atoms with Gasteiger partial charge in [-0.2, -0.15) is 0 Å². The molecule has 1 aliphatic carbocycles. The lowest BCUT2D eigenvalue weighted by atomic mass is 9.88. The van der Waals surface area contributed by atoms with E-state index in [-0.39, 0.29) is 0 Å². The standard InChI is InChI=1S/C22H27N/c1-4-17-16-18-10-5-6-12-20(18)22(14-9-15-23(2)3)21-13-8-7-11-19(17)21/h5-8,10-14,17H,4,9,15-16H2,1-3H3/b22-14+. The first kappa shape index (κ1) is 16.0. The lowest BCUT2D eigenvalue weighted by molar-refractivity contribution is 0.417. The van der Waals surface area contributed by atoms with Crippen molar-refractivity contribution in [3.05, 3.63) is 76.9 Å². The highest BCUT2D eigenvalue weighted by Gasteiger charge is 2.23. The molecule has 0 fully saturated rings. The molecule has 3 rings (SSSR count). The van der Waals surface area contributed by atoms with Gasteiger partial charge in [-0.05, 0) is 67.1 Å². The number of benzene rings is 2. The number of hydrogen-bond donors (Lipinski definition) is 0. The summed E-state index contributed by atoms with van der Waals surface area (Å²) in [5.41, 5.74) is 7.29. The number of nitrogens with zero attached hydrogens (tertiary/aromatic N) is 1. The van der Waals surface area contributed by atoms with Gasteiger partial charge in [0.2, 0.25) is 0 Å². The summed E-state index contributed by atoms with van der Waals surface area (Å²) in [6.45, 7) is 3.40. The first-order chi connectivity index (χ1) is 11.2. The Morgan fingerprint density at radius 3 is 2.43 bits per heavy atom. The van der Waals surface area contributed by atoms with Crippen molar-refractivity contribution in [2.75, 3.05) is 20.6 Å². The lowest BCUT2D eigenvalue weighted by Gasteiger charge is -2.16. The molecule has 0 radical (unpaired) electrons. The van der Waals surface area contributed by atoms with E-state index in [1.165, 1.54) is 34.2 Å². The van der Waals surface area contributed by atoms with E-state index in [1.54, 1.807) is 0 Å². The highest BCUT2D eigenvalue weighted by Crippen LogP contribution is 2.39. The molecule has 2 aromatic carbocycles. The van der Waals surface area contributed by atoms with Crippen LogP contribution in [0.3, 0.4) is 0 Å². The molecule has 2 aromatic rings. The quantitative estimate of drug-likeness (QED) is 0.758. The van der Waals surface area contributed by atoms with E-state index < -0.39 is 0 Å². The zero-order valence-electron chi connectivity index (χ0n) is 14.5. The Kier molecular flexibility index (Phi) is 4.97. The van der Waals surface area contributed by atoms with Gasteiger partial charge >= 0.3 is 0 Å². The van der Waals surface area contributed by atoms with Gasteiger partial charge in [-0.1, -0.05) is 61.5 Å². The summed E-state index contributed by atoms with van der Waals surface area (Å²) in [5.74, 6) is 0.618. The monoisotopic (exact) mass is 305 g/mol. The SMILES string of the molecule is CCC1Cc2ccccc2/C(=C\CCN(C)C)c2ccccc21. The molecule has 0 heterocycles. The minimum absolute atomic E-state index is 0.618.